The van der Waals surface area contributed by atoms with Crippen LogP contribution >= 0.6 is 27.7 Å². The van der Waals surface area contributed by atoms with E-state index in [2.05, 4.69) is 43.3 Å². The summed E-state index contributed by atoms with van der Waals surface area (Å²) in [4.78, 5) is 25.4. The molecule has 2 aromatic carbocycles. The lowest BCUT2D eigenvalue weighted by molar-refractivity contribution is -0.113. The van der Waals surface area contributed by atoms with Crippen molar-refractivity contribution in [2.75, 3.05) is 11.1 Å². The van der Waals surface area contributed by atoms with Crippen LogP contribution in [0, 0.1) is 24.5 Å². The molecule has 0 spiro atoms. The number of benzene rings is 2. The molecule has 36 heavy (non-hydrogen) atoms. The molecule has 0 radical (unpaired) electrons. The number of rotatable bonds is 10. The van der Waals surface area contributed by atoms with Crippen LogP contribution in [-0.2, 0) is 11.3 Å². The standard InChI is InChI=1S/C25H26BrF2N5O2S/c1-5-9-33-23(21(14(2)3)30-24(35)16-8-6-7-15(4)10-16)31-32-25(33)36-13-20(34)29-22-18(26)11-17(27)12-19(22)28/h5-8,10-12,14,21H,1,9,13H2,2-4H3,(H,29,34)(H,30,35)/t21-/m1/s1. The molecule has 2 N–H and O–H groups in total. The van der Waals surface area contributed by atoms with Gasteiger partial charge in [0, 0.05) is 22.6 Å². The SMILES string of the molecule is C=CCn1c(SCC(=O)Nc2c(F)cc(F)cc2Br)nnc1[C@H](NC(=O)c1cccc(C)c1)C(C)C. The summed E-state index contributed by atoms with van der Waals surface area (Å²) in [6, 6.07) is 8.61. The van der Waals surface area contributed by atoms with E-state index in [9.17, 15) is 18.4 Å². The van der Waals surface area contributed by atoms with Gasteiger partial charge in [-0.2, -0.15) is 0 Å². The number of halogens is 3. The molecule has 1 aromatic heterocycles. The van der Waals surface area contributed by atoms with E-state index in [1.165, 1.54) is 0 Å². The average Bonchev–Trinajstić information content (AvgIpc) is 3.20. The van der Waals surface area contributed by atoms with Gasteiger partial charge in [0.05, 0.1) is 17.5 Å². The van der Waals surface area contributed by atoms with Crippen molar-refractivity contribution >= 4 is 45.2 Å². The van der Waals surface area contributed by atoms with Gasteiger partial charge in [0.1, 0.15) is 5.82 Å². The Hall–Kier alpha value is -3.05. The number of nitrogens with zero attached hydrogens (tertiary/aromatic N) is 3. The molecule has 0 aliphatic heterocycles. The van der Waals surface area contributed by atoms with E-state index in [1.54, 1.807) is 16.7 Å². The summed E-state index contributed by atoms with van der Waals surface area (Å²) < 4.78 is 29.2. The quantitative estimate of drug-likeness (QED) is 0.239. The molecule has 0 aliphatic carbocycles. The fourth-order valence-corrected chi connectivity index (χ4v) is 4.71. The largest absolute Gasteiger partial charge is 0.342 e. The lowest BCUT2D eigenvalue weighted by atomic mass is 10.0. The van der Waals surface area contributed by atoms with Gasteiger partial charge in [-0.05, 0) is 47.0 Å². The van der Waals surface area contributed by atoms with Gasteiger partial charge in [-0.15, -0.1) is 16.8 Å². The molecule has 3 rings (SSSR count). The zero-order chi connectivity index (χ0) is 26.4. The predicted octanol–water partition coefficient (Wildman–Crippen LogP) is 5.67. The zero-order valence-corrected chi connectivity index (χ0v) is 22.4. The first-order valence-electron chi connectivity index (χ1n) is 11.1. The number of hydrogen-bond acceptors (Lipinski definition) is 5. The van der Waals surface area contributed by atoms with Gasteiger partial charge in [0.15, 0.2) is 16.8 Å². The average molecular weight is 578 g/mol. The molecule has 2 amide bonds. The fourth-order valence-electron chi connectivity index (χ4n) is 3.45. The second-order valence-corrected chi connectivity index (χ2v) is 10.2. The van der Waals surface area contributed by atoms with Crippen LogP contribution in [0.25, 0.3) is 0 Å². The third-order valence-corrected chi connectivity index (χ3v) is 6.76. The highest BCUT2D eigenvalue weighted by atomic mass is 79.9. The lowest BCUT2D eigenvalue weighted by Gasteiger charge is -2.22. The van der Waals surface area contributed by atoms with Crippen LogP contribution in [0.1, 0.15) is 41.6 Å². The number of aromatic nitrogens is 3. The van der Waals surface area contributed by atoms with Crippen molar-refractivity contribution in [3.8, 4) is 0 Å². The number of allylic oxidation sites excluding steroid dienone is 1. The van der Waals surface area contributed by atoms with Crippen molar-refractivity contribution < 1.29 is 18.4 Å². The minimum absolute atomic E-state index is 0.00789. The van der Waals surface area contributed by atoms with Crippen molar-refractivity contribution in [3.05, 3.63) is 82.1 Å². The molecule has 11 heteroatoms. The number of aryl methyl sites for hydroxylation is 1. The monoisotopic (exact) mass is 577 g/mol. The molecule has 190 valence electrons. The van der Waals surface area contributed by atoms with Crippen molar-refractivity contribution in [2.45, 2.75) is 38.5 Å². The molecule has 0 saturated heterocycles. The molecule has 0 aliphatic rings. The molecule has 0 fully saturated rings. The fraction of sp³-hybridized carbons (Fsp3) is 0.280. The van der Waals surface area contributed by atoms with Crippen LogP contribution in [0.4, 0.5) is 14.5 Å². The first-order valence-corrected chi connectivity index (χ1v) is 12.9. The van der Waals surface area contributed by atoms with E-state index < -0.39 is 23.6 Å². The second kappa shape index (κ2) is 12.3. The Kier molecular flexibility index (Phi) is 9.38. The van der Waals surface area contributed by atoms with Gasteiger partial charge in [0.25, 0.3) is 5.91 Å². The number of anilines is 1. The Morgan fingerprint density at radius 1 is 1.22 bits per heavy atom. The first-order chi connectivity index (χ1) is 17.1. The third kappa shape index (κ3) is 6.79. The summed E-state index contributed by atoms with van der Waals surface area (Å²) in [5.74, 6) is -1.96. The minimum atomic E-state index is -0.888. The minimum Gasteiger partial charge on any atom is -0.342 e. The van der Waals surface area contributed by atoms with Crippen LogP contribution < -0.4 is 10.6 Å². The van der Waals surface area contributed by atoms with Crippen LogP contribution in [0.15, 0.2) is 58.7 Å². The summed E-state index contributed by atoms with van der Waals surface area (Å²) in [5, 5.41) is 14.5. The van der Waals surface area contributed by atoms with Crippen LogP contribution in [0.3, 0.4) is 0 Å². The predicted molar refractivity (Wildman–Crippen MR) is 140 cm³/mol. The second-order valence-electron chi connectivity index (χ2n) is 8.39. The van der Waals surface area contributed by atoms with E-state index >= 15 is 0 Å². The van der Waals surface area contributed by atoms with E-state index in [4.69, 9.17) is 0 Å². The summed E-state index contributed by atoms with van der Waals surface area (Å²) in [7, 11) is 0. The van der Waals surface area contributed by atoms with Crippen LogP contribution in [0.2, 0.25) is 0 Å². The van der Waals surface area contributed by atoms with Crippen molar-refractivity contribution in [3.63, 3.8) is 0 Å². The number of carbonyl (C=O) groups excluding carboxylic acids is 2. The van der Waals surface area contributed by atoms with E-state index in [1.807, 2.05) is 39.0 Å². The number of amides is 2. The maximum atomic E-state index is 14.1. The van der Waals surface area contributed by atoms with Gasteiger partial charge in [-0.1, -0.05) is 49.4 Å². The number of nitrogens with one attached hydrogen (secondary N) is 2. The number of carbonyl (C=O) groups is 2. The molecule has 3 aromatic rings. The zero-order valence-electron chi connectivity index (χ0n) is 20.0. The Balaban J connectivity index is 1.77. The topological polar surface area (TPSA) is 88.9 Å². The van der Waals surface area contributed by atoms with E-state index in [0.717, 1.165) is 23.4 Å². The maximum Gasteiger partial charge on any atom is 0.251 e. The molecule has 1 atom stereocenters. The lowest BCUT2D eigenvalue weighted by Crippen LogP contribution is -2.34. The van der Waals surface area contributed by atoms with Crippen molar-refractivity contribution in [1.82, 2.24) is 20.1 Å². The van der Waals surface area contributed by atoms with Gasteiger partial charge >= 0.3 is 0 Å². The van der Waals surface area contributed by atoms with Crippen LogP contribution in [0.5, 0.6) is 0 Å². The smallest absolute Gasteiger partial charge is 0.251 e. The van der Waals surface area contributed by atoms with E-state index in [0.29, 0.717) is 29.2 Å². The summed E-state index contributed by atoms with van der Waals surface area (Å²) in [6.45, 7) is 9.98. The van der Waals surface area contributed by atoms with Gasteiger partial charge in [-0.25, -0.2) is 8.78 Å². The molecule has 0 bridgehead atoms. The van der Waals surface area contributed by atoms with Crippen molar-refractivity contribution in [1.29, 1.82) is 0 Å². The van der Waals surface area contributed by atoms with Crippen LogP contribution in [-0.4, -0.2) is 32.3 Å². The number of hydrogen-bond donors (Lipinski definition) is 2. The molecule has 1 heterocycles. The van der Waals surface area contributed by atoms with Gasteiger partial charge in [-0.3, -0.25) is 9.59 Å². The Labute approximate surface area is 220 Å². The van der Waals surface area contributed by atoms with E-state index in [-0.39, 0.29) is 27.7 Å². The van der Waals surface area contributed by atoms with Crippen molar-refractivity contribution in [2.24, 2.45) is 5.92 Å². The Bertz CT molecular complexity index is 1260. The summed E-state index contributed by atoms with van der Waals surface area (Å²) in [5.41, 5.74) is 1.37. The van der Waals surface area contributed by atoms with Gasteiger partial charge in [0.2, 0.25) is 5.91 Å². The number of thioether (sulfide) groups is 1. The maximum absolute atomic E-state index is 14.1. The summed E-state index contributed by atoms with van der Waals surface area (Å²) in [6.07, 6.45) is 1.67. The highest BCUT2D eigenvalue weighted by Crippen LogP contribution is 2.28. The highest BCUT2D eigenvalue weighted by Gasteiger charge is 2.26. The Morgan fingerprint density at radius 2 is 1.97 bits per heavy atom. The molecular formula is C25H26BrF2N5O2S. The summed E-state index contributed by atoms with van der Waals surface area (Å²) >= 11 is 4.16. The highest BCUT2D eigenvalue weighted by molar-refractivity contribution is 9.10. The third-order valence-electron chi connectivity index (χ3n) is 5.17. The molecular weight excluding hydrogens is 552 g/mol. The molecule has 7 nitrogen and oxygen atoms in total. The normalized spacial score (nSPS) is 11.9. The first kappa shape index (κ1) is 27.5. The Morgan fingerprint density at radius 3 is 2.61 bits per heavy atom. The molecule has 0 saturated carbocycles. The molecule has 0 unspecified atom stereocenters. The van der Waals surface area contributed by atoms with Gasteiger partial charge < -0.3 is 15.2 Å².